The van der Waals surface area contributed by atoms with Crippen LogP contribution in [0.2, 0.25) is 10.0 Å². The highest BCUT2D eigenvalue weighted by Gasteiger charge is 2.06. The molecule has 0 radical (unpaired) electrons. The Kier molecular flexibility index (Phi) is 6.46. The fraction of sp³-hybridized carbons (Fsp3) is 0.176. The number of halogens is 2. The van der Waals surface area contributed by atoms with Gasteiger partial charge in [0.05, 0.1) is 22.7 Å². The Morgan fingerprint density at radius 3 is 2.29 bits per heavy atom. The third-order valence-corrected chi connectivity index (χ3v) is 3.93. The van der Waals surface area contributed by atoms with Gasteiger partial charge < -0.3 is 15.4 Å². The molecule has 2 aromatic carbocycles. The molecule has 2 N–H and O–H groups in total. The number of ether oxygens (including phenoxy) is 1. The highest BCUT2D eigenvalue weighted by molar-refractivity contribution is 6.42. The summed E-state index contributed by atoms with van der Waals surface area (Å²) in [6.07, 6.45) is 0.277. The largest absolute Gasteiger partial charge is 0.465 e. The van der Waals surface area contributed by atoms with Gasteiger partial charge in [0.15, 0.2) is 0 Å². The van der Waals surface area contributed by atoms with Crippen molar-refractivity contribution in [3.63, 3.8) is 0 Å². The van der Waals surface area contributed by atoms with Gasteiger partial charge in [-0.2, -0.15) is 0 Å². The zero-order chi connectivity index (χ0) is 17.5. The number of carbonyl (C=O) groups is 2. The van der Waals surface area contributed by atoms with Crippen LogP contribution in [0.15, 0.2) is 42.5 Å². The molecule has 2 rings (SSSR count). The van der Waals surface area contributed by atoms with E-state index in [1.165, 1.54) is 7.11 Å². The number of nitrogens with one attached hydrogen (secondary N) is 2. The molecule has 0 bridgehead atoms. The molecule has 0 atom stereocenters. The lowest BCUT2D eigenvalue weighted by molar-refractivity contribution is -0.115. The van der Waals surface area contributed by atoms with E-state index in [-0.39, 0.29) is 18.3 Å². The minimum Gasteiger partial charge on any atom is -0.465 e. The van der Waals surface area contributed by atoms with Crippen molar-refractivity contribution in [1.82, 2.24) is 0 Å². The number of esters is 1. The summed E-state index contributed by atoms with van der Waals surface area (Å²) in [6.45, 7) is 0.449. The molecule has 24 heavy (non-hydrogen) atoms. The average molecular weight is 367 g/mol. The monoisotopic (exact) mass is 366 g/mol. The van der Waals surface area contributed by atoms with Crippen molar-refractivity contribution in [2.75, 3.05) is 24.3 Å². The Morgan fingerprint density at radius 1 is 1.00 bits per heavy atom. The standard InChI is InChI=1S/C17H16Cl2N2O3/c1-24-17(23)11-2-4-12(5-3-11)20-9-8-16(22)21-13-6-7-14(18)15(19)10-13/h2-7,10,20H,8-9H2,1H3,(H,21,22). The molecule has 7 heteroatoms. The van der Waals surface area contributed by atoms with Crippen molar-refractivity contribution in [2.24, 2.45) is 0 Å². The van der Waals surface area contributed by atoms with Gasteiger partial charge in [0.2, 0.25) is 5.91 Å². The predicted molar refractivity (Wildman–Crippen MR) is 96.0 cm³/mol. The van der Waals surface area contributed by atoms with E-state index in [2.05, 4.69) is 15.4 Å². The van der Waals surface area contributed by atoms with Gasteiger partial charge in [-0.15, -0.1) is 0 Å². The summed E-state index contributed by atoms with van der Waals surface area (Å²) < 4.78 is 4.63. The molecule has 0 saturated heterocycles. The Hall–Kier alpha value is -2.24. The molecule has 0 spiro atoms. The smallest absolute Gasteiger partial charge is 0.337 e. The quantitative estimate of drug-likeness (QED) is 0.751. The minimum atomic E-state index is -0.387. The SMILES string of the molecule is COC(=O)c1ccc(NCCC(=O)Nc2ccc(Cl)c(Cl)c2)cc1. The van der Waals surface area contributed by atoms with Gasteiger partial charge in [0.1, 0.15) is 0 Å². The van der Waals surface area contributed by atoms with Crippen LogP contribution in [-0.2, 0) is 9.53 Å². The first-order chi connectivity index (χ1) is 11.5. The summed E-state index contributed by atoms with van der Waals surface area (Å²) in [4.78, 5) is 23.2. The summed E-state index contributed by atoms with van der Waals surface area (Å²) in [5, 5.41) is 6.67. The molecular formula is C17H16Cl2N2O3. The summed E-state index contributed by atoms with van der Waals surface area (Å²) in [5.41, 5.74) is 1.88. The van der Waals surface area contributed by atoms with Crippen LogP contribution in [0.3, 0.4) is 0 Å². The number of anilines is 2. The second-order valence-corrected chi connectivity index (χ2v) is 5.74. The Morgan fingerprint density at radius 2 is 1.67 bits per heavy atom. The van der Waals surface area contributed by atoms with Crippen LogP contribution in [0, 0.1) is 0 Å². The van der Waals surface area contributed by atoms with E-state index < -0.39 is 0 Å². The normalized spacial score (nSPS) is 10.1. The van der Waals surface area contributed by atoms with Crippen LogP contribution in [0.25, 0.3) is 0 Å². The van der Waals surface area contributed by atoms with Gasteiger partial charge in [-0.1, -0.05) is 23.2 Å². The van der Waals surface area contributed by atoms with Crippen LogP contribution in [0.4, 0.5) is 11.4 Å². The van der Waals surface area contributed by atoms with Crippen LogP contribution < -0.4 is 10.6 Å². The van der Waals surface area contributed by atoms with Crippen LogP contribution in [0.1, 0.15) is 16.8 Å². The molecular weight excluding hydrogens is 351 g/mol. The fourth-order valence-electron chi connectivity index (χ4n) is 1.96. The van der Waals surface area contributed by atoms with E-state index in [1.54, 1.807) is 42.5 Å². The lowest BCUT2D eigenvalue weighted by Crippen LogP contribution is -2.16. The highest BCUT2D eigenvalue weighted by atomic mass is 35.5. The van der Waals surface area contributed by atoms with Gasteiger partial charge in [0, 0.05) is 24.3 Å². The fourth-order valence-corrected chi connectivity index (χ4v) is 2.26. The maximum atomic E-state index is 11.9. The van der Waals surface area contributed by atoms with E-state index in [0.717, 1.165) is 5.69 Å². The van der Waals surface area contributed by atoms with Gasteiger partial charge >= 0.3 is 5.97 Å². The molecule has 0 heterocycles. The molecule has 126 valence electrons. The lowest BCUT2D eigenvalue weighted by Gasteiger charge is -2.08. The first-order valence-electron chi connectivity index (χ1n) is 7.17. The van der Waals surface area contributed by atoms with Crippen molar-refractivity contribution >= 4 is 46.5 Å². The molecule has 0 saturated carbocycles. The summed E-state index contributed by atoms with van der Waals surface area (Å²) >= 11 is 11.7. The van der Waals surface area contributed by atoms with Gasteiger partial charge in [-0.05, 0) is 42.5 Å². The van der Waals surface area contributed by atoms with Crippen molar-refractivity contribution in [3.05, 3.63) is 58.1 Å². The zero-order valence-electron chi connectivity index (χ0n) is 12.9. The first kappa shape index (κ1) is 18.1. The third kappa shape index (κ3) is 5.15. The van der Waals surface area contributed by atoms with Crippen LogP contribution in [-0.4, -0.2) is 25.5 Å². The van der Waals surface area contributed by atoms with E-state index in [1.807, 2.05) is 0 Å². The number of methoxy groups -OCH3 is 1. The van der Waals surface area contributed by atoms with E-state index >= 15 is 0 Å². The van der Waals surface area contributed by atoms with Crippen LogP contribution in [0.5, 0.6) is 0 Å². The molecule has 1 amide bonds. The van der Waals surface area contributed by atoms with Crippen molar-refractivity contribution in [1.29, 1.82) is 0 Å². The van der Waals surface area contributed by atoms with Gasteiger partial charge in [-0.25, -0.2) is 4.79 Å². The number of benzene rings is 2. The number of rotatable bonds is 6. The summed E-state index contributed by atoms with van der Waals surface area (Å²) in [6, 6.07) is 11.7. The minimum absolute atomic E-state index is 0.146. The molecule has 0 aliphatic rings. The number of hydrogen-bond donors (Lipinski definition) is 2. The van der Waals surface area contributed by atoms with Crippen molar-refractivity contribution < 1.29 is 14.3 Å². The molecule has 0 fully saturated rings. The second kappa shape index (κ2) is 8.57. The number of hydrogen-bond acceptors (Lipinski definition) is 4. The van der Waals surface area contributed by atoms with Crippen molar-refractivity contribution in [3.8, 4) is 0 Å². The Labute approximate surface area is 149 Å². The van der Waals surface area contributed by atoms with Gasteiger partial charge in [0.25, 0.3) is 0 Å². The first-order valence-corrected chi connectivity index (χ1v) is 7.92. The van der Waals surface area contributed by atoms with Crippen molar-refractivity contribution in [2.45, 2.75) is 6.42 Å². The number of carbonyl (C=O) groups excluding carboxylic acids is 2. The highest BCUT2D eigenvalue weighted by Crippen LogP contribution is 2.25. The molecule has 0 aromatic heterocycles. The average Bonchev–Trinajstić information content (AvgIpc) is 2.58. The maximum Gasteiger partial charge on any atom is 0.337 e. The van der Waals surface area contributed by atoms with Crippen LogP contribution >= 0.6 is 23.2 Å². The third-order valence-electron chi connectivity index (χ3n) is 3.19. The molecule has 0 aliphatic carbocycles. The summed E-state index contributed by atoms with van der Waals surface area (Å²) in [7, 11) is 1.33. The predicted octanol–water partition coefficient (Wildman–Crippen LogP) is 4.22. The Balaban J connectivity index is 1.79. The molecule has 2 aromatic rings. The maximum absolute atomic E-state index is 11.9. The van der Waals surface area contributed by atoms with E-state index in [4.69, 9.17) is 23.2 Å². The molecule has 5 nitrogen and oxygen atoms in total. The molecule has 0 aliphatic heterocycles. The number of amides is 1. The Bertz CT molecular complexity index is 733. The van der Waals surface area contributed by atoms with E-state index in [0.29, 0.717) is 27.8 Å². The second-order valence-electron chi connectivity index (χ2n) is 4.92. The topological polar surface area (TPSA) is 67.4 Å². The van der Waals surface area contributed by atoms with E-state index in [9.17, 15) is 9.59 Å². The zero-order valence-corrected chi connectivity index (χ0v) is 14.4. The summed E-state index contributed by atoms with van der Waals surface area (Å²) in [5.74, 6) is -0.533. The molecule has 0 unspecified atom stereocenters. The van der Waals surface area contributed by atoms with Gasteiger partial charge in [-0.3, -0.25) is 4.79 Å². The lowest BCUT2D eigenvalue weighted by atomic mass is 10.2.